The Labute approximate surface area is 168 Å². The average Bonchev–Trinajstić information content (AvgIpc) is 3.14. The first-order valence-electron chi connectivity index (χ1n) is 8.69. The summed E-state index contributed by atoms with van der Waals surface area (Å²) in [5, 5.41) is 3.12. The van der Waals surface area contributed by atoms with Crippen molar-refractivity contribution in [1.82, 2.24) is 5.32 Å². The van der Waals surface area contributed by atoms with Gasteiger partial charge in [0.25, 0.3) is 0 Å². The molecule has 0 spiro atoms. The molecule has 138 valence electrons. The normalized spacial score (nSPS) is 11.2. The summed E-state index contributed by atoms with van der Waals surface area (Å²) in [6, 6.07) is 23.1. The number of carbonyl (C=O) groups is 2. The SMILES string of the molecule is CC(NC(=O)CCC(=O)c1ccc(Cl)s1)(c1ccccc1)c1ccccc1. The van der Waals surface area contributed by atoms with E-state index in [0.717, 1.165) is 11.1 Å². The highest BCUT2D eigenvalue weighted by atomic mass is 35.5. The van der Waals surface area contributed by atoms with E-state index in [1.807, 2.05) is 67.6 Å². The number of carbonyl (C=O) groups excluding carboxylic acids is 2. The lowest BCUT2D eigenvalue weighted by molar-refractivity contribution is -0.122. The summed E-state index contributed by atoms with van der Waals surface area (Å²) in [5.74, 6) is -0.232. The standard InChI is InChI=1S/C22H20ClNO2S/c1-22(16-8-4-2-5-9-16,17-10-6-3-7-11-17)24-21(26)15-12-18(25)19-13-14-20(23)27-19/h2-11,13-14H,12,15H2,1H3,(H,24,26). The third-order valence-corrected chi connectivity index (χ3v) is 5.79. The van der Waals surface area contributed by atoms with E-state index in [2.05, 4.69) is 5.32 Å². The molecular formula is C22H20ClNO2S. The van der Waals surface area contributed by atoms with Gasteiger partial charge in [-0.2, -0.15) is 0 Å². The predicted octanol–water partition coefficient (Wildman–Crippen LogP) is 5.44. The van der Waals surface area contributed by atoms with Crippen LogP contribution in [0.25, 0.3) is 0 Å². The number of amides is 1. The third-order valence-electron chi connectivity index (χ3n) is 4.52. The lowest BCUT2D eigenvalue weighted by Gasteiger charge is -2.32. The van der Waals surface area contributed by atoms with Crippen LogP contribution < -0.4 is 5.32 Å². The summed E-state index contributed by atoms with van der Waals surface area (Å²) in [6.45, 7) is 1.98. The minimum atomic E-state index is -0.672. The summed E-state index contributed by atoms with van der Waals surface area (Å²) < 4.78 is 0.573. The lowest BCUT2D eigenvalue weighted by atomic mass is 9.84. The van der Waals surface area contributed by atoms with Crippen LogP contribution in [-0.4, -0.2) is 11.7 Å². The second kappa shape index (κ2) is 8.51. The van der Waals surface area contributed by atoms with Gasteiger partial charge in [-0.3, -0.25) is 9.59 Å². The molecule has 0 aliphatic heterocycles. The summed E-state index contributed by atoms with van der Waals surface area (Å²) in [7, 11) is 0. The van der Waals surface area contributed by atoms with Crippen LogP contribution >= 0.6 is 22.9 Å². The molecule has 0 saturated carbocycles. The zero-order valence-corrected chi connectivity index (χ0v) is 16.5. The third kappa shape index (κ3) is 4.65. The molecule has 3 nitrogen and oxygen atoms in total. The Morgan fingerprint density at radius 1 is 0.889 bits per heavy atom. The summed E-state index contributed by atoms with van der Waals surface area (Å²) in [4.78, 5) is 25.5. The van der Waals surface area contributed by atoms with Crippen LogP contribution in [0.3, 0.4) is 0 Å². The summed E-state index contributed by atoms with van der Waals surface area (Å²) in [5.41, 5.74) is 1.30. The van der Waals surface area contributed by atoms with Crippen molar-refractivity contribution in [3.05, 3.63) is 93.1 Å². The summed E-state index contributed by atoms with van der Waals surface area (Å²) >= 11 is 7.12. The monoisotopic (exact) mass is 397 g/mol. The van der Waals surface area contributed by atoms with Crippen molar-refractivity contribution in [1.29, 1.82) is 0 Å². The van der Waals surface area contributed by atoms with Crippen LogP contribution in [-0.2, 0) is 10.3 Å². The predicted molar refractivity (Wildman–Crippen MR) is 110 cm³/mol. The molecule has 0 atom stereocenters. The van der Waals surface area contributed by atoms with Crippen LogP contribution in [0.2, 0.25) is 4.34 Å². The molecule has 0 saturated heterocycles. The first-order chi connectivity index (χ1) is 13.0. The fourth-order valence-corrected chi connectivity index (χ4v) is 4.02. The van der Waals surface area contributed by atoms with Gasteiger partial charge in [0.05, 0.1) is 14.8 Å². The van der Waals surface area contributed by atoms with Gasteiger partial charge in [0.15, 0.2) is 5.78 Å². The Morgan fingerprint density at radius 3 is 1.93 bits per heavy atom. The van der Waals surface area contributed by atoms with E-state index in [-0.39, 0.29) is 24.5 Å². The van der Waals surface area contributed by atoms with Gasteiger partial charge in [-0.25, -0.2) is 0 Å². The molecule has 1 N–H and O–H groups in total. The highest BCUT2D eigenvalue weighted by Crippen LogP contribution is 2.29. The second-order valence-electron chi connectivity index (χ2n) is 6.43. The number of rotatable bonds is 7. The largest absolute Gasteiger partial charge is 0.343 e. The van der Waals surface area contributed by atoms with E-state index in [0.29, 0.717) is 9.21 Å². The van der Waals surface area contributed by atoms with E-state index >= 15 is 0 Å². The van der Waals surface area contributed by atoms with Gasteiger partial charge in [0, 0.05) is 12.8 Å². The summed E-state index contributed by atoms with van der Waals surface area (Å²) in [6.07, 6.45) is 0.284. The van der Waals surface area contributed by atoms with Gasteiger partial charge >= 0.3 is 0 Å². The molecule has 0 aliphatic carbocycles. The topological polar surface area (TPSA) is 46.2 Å². The molecule has 0 unspecified atom stereocenters. The number of thiophene rings is 1. The maximum Gasteiger partial charge on any atom is 0.221 e. The van der Waals surface area contributed by atoms with Crippen LogP contribution in [0.15, 0.2) is 72.8 Å². The number of benzene rings is 2. The van der Waals surface area contributed by atoms with E-state index in [1.165, 1.54) is 11.3 Å². The quantitative estimate of drug-likeness (QED) is 0.539. The molecule has 0 radical (unpaired) electrons. The minimum Gasteiger partial charge on any atom is -0.343 e. The molecule has 3 aromatic rings. The van der Waals surface area contributed by atoms with Gasteiger partial charge in [0.2, 0.25) is 5.91 Å². The van der Waals surface area contributed by atoms with Crippen molar-refractivity contribution < 1.29 is 9.59 Å². The molecule has 1 amide bonds. The van der Waals surface area contributed by atoms with Crippen molar-refractivity contribution in [2.75, 3.05) is 0 Å². The van der Waals surface area contributed by atoms with Crippen molar-refractivity contribution in [3.8, 4) is 0 Å². The van der Waals surface area contributed by atoms with Crippen LogP contribution in [0.5, 0.6) is 0 Å². The number of nitrogens with one attached hydrogen (secondary N) is 1. The van der Waals surface area contributed by atoms with Gasteiger partial charge in [-0.15, -0.1) is 11.3 Å². The Kier molecular flexibility index (Phi) is 6.09. The molecule has 1 heterocycles. The van der Waals surface area contributed by atoms with Gasteiger partial charge in [0.1, 0.15) is 0 Å². The highest BCUT2D eigenvalue weighted by Gasteiger charge is 2.30. The lowest BCUT2D eigenvalue weighted by Crippen LogP contribution is -2.44. The molecule has 5 heteroatoms. The molecule has 0 bridgehead atoms. The van der Waals surface area contributed by atoms with Crippen LogP contribution in [0, 0.1) is 0 Å². The molecule has 0 fully saturated rings. The first-order valence-corrected chi connectivity index (χ1v) is 9.89. The van der Waals surface area contributed by atoms with E-state index < -0.39 is 5.54 Å². The fourth-order valence-electron chi connectivity index (χ4n) is 3.01. The second-order valence-corrected chi connectivity index (χ2v) is 8.15. The highest BCUT2D eigenvalue weighted by molar-refractivity contribution is 7.18. The van der Waals surface area contributed by atoms with Crippen molar-refractivity contribution >= 4 is 34.6 Å². The number of ketones is 1. The Morgan fingerprint density at radius 2 is 1.44 bits per heavy atom. The maximum absolute atomic E-state index is 12.7. The van der Waals surface area contributed by atoms with E-state index in [9.17, 15) is 9.59 Å². The molecule has 2 aromatic carbocycles. The molecule has 3 rings (SSSR count). The van der Waals surface area contributed by atoms with Gasteiger partial charge in [-0.05, 0) is 30.2 Å². The van der Waals surface area contributed by atoms with Crippen molar-refractivity contribution in [2.24, 2.45) is 0 Å². The Hall–Kier alpha value is -2.43. The minimum absolute atomic E-state index is 0.0665. The number of Topliss-reactive ketones (excluding diaryl/α,β-unsaturated/α-hetero) is 1. The van der Waals surface area contributed by atoms with Crippen LogP contribution in [0.1, 0.15) is 40.6 Å². The zero-order valence-electron chi connectivity index (χ0n) is 14.9. The van der Waals surface area contributed by atoms with Crippen molar-refractivity contribution in [3.63, 3.8) is 0 Å². The number of hydrogen-bond donors (Lipinski definition) is 1. The zero-order chi connectivity index (χ0) is 19.3. The van der Waals surface area contributed by atoms with Gasteiger partial charge in [-0.1, -0.05) is 72.3 Å². The van der Waals surface area contributed by atoms with Crippen LogP contribution in [0.4, 0.5) is 0 Å². The maximum atomic E-state index is 12.7. The average molecular weight is 398 g/mol. The Bertz CT molecular complexity index is 882. The first kappa shape index (κ1) is 19.3. The smallest absolute Gasteiger partial charge is 0.221 e. The molecule has 0 aliphatic rings. The number of hydrogen-bond acceptors (Lipinski definition) is 3. The van der Waals surface area contributed by atoms with E-state index in [1.54, 1.807) is 12.1 Å². The van der Waals surface area contributed by atoms with Gasteiger partial charge < -0.3 is 5.32 Å². The molecular weight excluding hydrogens is 378 g/mol. The van der Waals surface area contributed by atoms with Crippen molar-refractivity contribution in [2.45, 2.75) is 25.3 Å². The fraction of sp³-hybridized carbons (Fsp3) is 0.182. The Balaban J connectivity index is 1.74. The molecule has 1 aromatic heterocycles. The molecule has 27 heavy (non-hydrogen) atoms. The number of halogens is 1. The van der Waals surface area contributed by atoms with E-state index in [4.69, 9.17) is 11.6 Å².